The van der Waals surface area contributed by atoms with Crippen molar-refractivity contribution in [2.75, 3.05) is 48.8 Å². The molecule has 0 atom stereocenters. The van der Waals surface area contributed by atoms with Crippen LogP contribution < -0.4 is 10.9 Å². The zero-order valence-corrected chi connectivity index (χ0v) is 10.00. The Morgan fingerprint density at radius 2 is 1.57 bits per heavy atom. The topological polar surface area (TPSA) is 46.1 Å². The van der Waals surface area contributed by atoms with Crippen molar-refractivity contribution in [1.29, 1.82) is 0 Å². The maximum absolute atomic E-state index is 4.30. The highest BCUT2D eigenvalue weighted by Gasteiger charge is 2.01. The van der Waals surface area contributed by atoms with Gasteiger partial charge in [-0.05, 0) is 0 Å². The van der Waals surface area contributed by atoms with E-state index in [2.05, 4.69) is 16.0 Å². The molecular formula is C8H22N6. The van der Waals surface area contributed by atoms with Crippen LogP contribution in [-0.2, 0) is 0 Å². The molecule has 0 spiro atoms. The Morgan fingerprint density at radius 3 is 1.93 bits per heavy atom. The van der Waals surface area contributed by atoms with Crippen LogP contribution in [0.3, 0.4) is 0 Å². The Morgan fingerprint density at radius 1 is 1.00 bits per heavy atom. The fourth-order valence-corrected chi connectivity index (χ4v) is 0.830. The van der Waals surface area contributed by atoms with Crippen LogP contribution in [0.2, 0.25) is 0 Å². The molecule has 0 saturated heterocycles. The van der Waals surface area contributed by atoms with E-state index in [1.807, 2.05) is 52.3 Å². The van der Waals surface area contributed by atoms with Crippen LogP contribution in [0.1, 0.15) is 0 Å². The fourth-order valence-electron chi connectivity index (χ4n) is 0.830. The molecule has 0 aliphatic rings. The maximum Gasteiger partial charge on any atom is 0.152 e. The van der Waals surface area contributed by atoms with Crippen molar-refractivity contribution >= 4 is 5.84 Å². The van der Waals surface area contributed by atoms with E-state index in [1.54, 1.807) is 5.01 Å². The first-order chi connectivity index (χ1) is 6.41. The molecule has 14 heavy (non-hydrogen) atoms. The van der Waals surface area contributed by atoms with E-state index in [1.165, 1.54) is 0 Å². The molecule has 0 aliphatic carbocycles. The molecule has 6 nitrogen and oxygen atoms in total. The Labute approximate surface area is 86.5 Å². The van der Waals surface area contributed by atoms with Gasteiger partial charge in [0, 0.05) is 42.3 Å². The van der Waals surface area contributed by atoms with E-state index in [-0.39, 0.29) is 0 Å². The Hall–Kier alpha value is -0.850. The minimum absolute atomic E-state index is 0.670. The van der Waals surface area contributed by atoms with Gasteiger partial charge in [0.25, 0.3) is 0 Å². The molecule has 0 saturated carbocycles. The van der Waals surface area contributed by atoms with Crippen LogP contribution in [0.15, 0.2) is 5.10 Å². The standard InChI is InChI=1S/C8H22N6/c1-12(2)9-7-8(10-13(3)4)11-14(5)6/h9H,7H2,1-6H3,(H,10,11). The van der Waals surface area contributed by atoms with E-state index in [0.29, 0.717) is 6.54 Å². The second-order valence-electron chi connectivity index (χ2n) is 3.63. The molecule has 0 bridgehead atoms. The molecule has 0 aromatic rings. The molecule has 0 rings (SSSR count). The third-order valence-electron chi connectivity index (χ3n) is 1.24. The normalized spacial score (nSPS) is 12.4. The second-order valence-corrected chi connectivity index (χ2v) is 3.63. The number of hydrazine groups is 2. The average Bonchev–Trinajstić information content (AvgIpc) is 1.97. The Bertz CT molecular complexity index is 175. The predicted molar refractivity (Wildman–Crippen MR) is 59.6 cm³/mol. The van der Waals surface area contributed by atoms with Crippen LogP contribution in [0.4, 0.5) is 0 Å². The molecule has 6 heteroatoms. The number of amidine groups is 1. The largest absolute Gasteiger partial charge is 0.305 e. The van der Waals surface area contributed by atoms with E-state index in [0.717, 1.165) is 5.84 Å². The van der Waals surface area contributed by atoms with Crippen molar-refractivity contribution in [2.24, 2.45) is 5.10 Å². The smallest absolute Gasteiger partial charge is 0.152 e. The van der Waals surface area contributed by atoms with Gasteiger partial charge in [-0.15, -0.1) is 0 Å². The van der Waals surface area contributed by atoms with Crippen molar-refractivity contribution in [2.45, 2.75) is 0 Å². The summed E-state index contributed by atoms with van der Waals surface area (Å²) in [6, 6.07) is 0. The SMILES string of the molecule is CN(C)N=C(CNN(C)C)NN(C)C. The Balaban J connectivity index is 4.11. The number of nitrogens with one attached hydrogen (secondary N) is 2. The van der Waals surface area contributed by atoms with Crippen LogP contribution in [-0.4, -0.2) is 69.7 Å². The number of hydrazone groups is 1. The average molecular weight is 202 g/mol. The summed E-state index contributed by atoms with van der Waals surface area (Å²) in [6.45, 7) is 0.670. The van der Waals surface area contributed by atoms with Gasteiger partial charge in [0.05, 0.1) is 6.54 Å². The van der Waals surface area contributed by atoms with E-state index in [4.69, 9.17) is 0 Å². The van der Waals surface area contributed by atoms with E-state index < -0.39 is 0 Å². The van der Waals surface area contributed by atoms with Gasteiger partial charge in [-0.25, -0.2) is 10.4 Å². The molecular weight excluding hydrogens is 180 g/mol. The van der Waals surface area contributed by atoms with Crippen LogP contribution in [0, 0.1) is 0 Å². The summed E-state index contributed by atoms with van der Waals surface area (Å²) in [6.07, 6.45) is 0. The zero-order valence-electron chi connectivity index (χ0n) is 10.00. The summed E-state index contributed by atoms with van der Waals surface area (Å²) in [5, 5.41) is 9.82. The summed E-state index contributed by atoms with van der Waals surface area (Å²) < 4.78 is 0. The lowest BCUT2D eigenvalue weighted by molar-refractivity contribution is 0.297. The third-order valence-corrected chi connectivity index (χ3v) is 1.24. The first-order valence-electron chi connectivity index (χ1n) is 4.51. The molecule has 0 radical (unpaired) electrons. The van der Waals surface area contributed by atoms with Gasteiger partial charge >= 0.3 is 0 Å². The number of hydrogen-bond donors (Lipinski definition) is 2. The predicted octanol–water partition coefficient (Wildman–Crippen LogP) is -1.01. The maximum atomic E-state index is 4.30. The van der Waals surface area contributed by atoms with Crippen molar-refractivity contribution < 1.29 is 0 Å². The van der Waals surface area contributed by atoms with Crippen molar-refractivity contribution in [3.63, 3.8) is 0 Å². The summed E-state index contributed by atoms with van der Waals surface area (Å²) in [7, 11) is 11.5. The van der Waals surface area contributed by atoms with Crippen LogP contribution in [0.5, 0.6) is 0 Å². The molecule has 0 aliphatic heterocycles. The van der Waals surface area contributed by atoms with Gasteiger partial charge in [-0.3, -0.25) is 5.01 Å². The number of nitrogens with zero attached hydrogens (tertiary/aromatic N) is 4. The molecule has 0 amide bonds. The first-order valence-corrected chi connectivity index (χ1v) is 4.51. The van der Waals surface area contributed by atoms with Crippen molar-refractivity contribution in [3.8, 4) is 0 Å². The molecule has 0 unspecified atom stereocenters. The van der Waals surface area contributed by atoms with Gasteiger partial charge in [-0.1, -0.05) is 0 Å². The second kappa shape index (κ2) is 6.58. The molecule has 0 aromatic heterocycles. The van der Waals surface area contributed by atoms with Gasteiger partial charge in [0.2, 0.25) is 0 Å². The molecule has 2 N–H and O–H groups in total. The fraction of sp³-hybridized carbons (Fsp3) is 0.875. The molecule has 0 heterocycles. The number of rotatable bonds is 5. The van der Waals surface area contributed by atoms with Crippen LogP contribution in [0.25, 0.3) is 0 Å². The summed E-state index contributed by atoms with van der Waals surface area (Å²) in [5.74, 6) is 0.869. The highest BCUT2D eigenvalue weighted by Crippen LogP contribution is 1.80. The summed E-state index contributed by atoms with van der Waals surface area (Å²) in [4.78, 5) is 0. The molecule has 84 valence electrons. The first kappa shape index (κ1) is 13.2. The van der Waals surface area contributed by atoms with Gasteiger partial charge in [0.15, 0.2) is 5.84 Å². The van der Waals surface area contributed by atoms with E-state index >= 15 is 0 Å². The minimum atomic E-state index is 0.670. The van der Waals surface area contributed by atoms with Crippen LogP contribution >= 0.6 is 0 Å². The lowest BCUT2D eigenvalue weighted by atomic mass is 10.6. The minimum Gasteiger partial charge on any atom is -0.305 e. The van der Waals surface area contributed by atoms with Gasteiger partial charge in [-0.2, -0.15) is 5.10 Å². The third kappa shape index (κ3) is 7.78. The molecule has 0 aromatic carbocycles. The van der Waals surface area contributed by atoms with Crippen molar-refractivity contribution in [1.82, 2.24) is 25.9 Å². The highest BCUT2D eigenvalue weighted by atomic mass is 15.6. The van der Waals surface area contributed by atoms with Crippen molar-refractivity contribution in [3.05, 3.63) is 0 Å². The van der Waals surface area contributed by atoms with E-state index in [9.17, 15) is 0 Å². The number of hydrogen-bond acceptors (Lipinski definition) is 5. The quantitative estimate of drug-likeness (QED) is 0.340. The Kier molecular flexibility index (Phi) is 6.18. The molecule has 0 fully saturated rings. The summed E-state index contributed by atoms with van der Waals surface area (Å²) >= 11 is 0. The zero-order chi connectivity index (χ0) is 11.1. The monoisotopic (exact) mass is 202 g/mol. The summed E-state index contributed by atoms with van der Waals surface area (Å²) in [5.41, 5.74) is 6.26. The lowest BCUT2D eigenvalue weighted by Crippen LogP contribution is -2.45. The lowest BCUT2D eigenvalue weighted by Gasteiger charge is -2.19. The van der Waals surface area contributed by atoms with Gasteiger partial charge in [0.1, 0.15) is 0 Å². The van der Waals surface area contributed by atoms with Gasteiger partial charge < -0.3 is 10.4 Å². The highest BCUT2D eigenvalue weighted by molar-refractivity contribution is 5.83.